The summed E-state index contributed by atoms with van der Waals surface area (Å²) in [7, 11) is 0. The molecule has 0 bridgehead atoms. The van der Waals surface area contributed by atoms with Crippen LogP contribution in [0.15, 0.2) is 91.0 Å². The molecule has 1 amide bonds. The summed E-state index contributed by atoms with van der Waals surface area (Å²) < 4.78 is 31.0. The van der Waals surface area contributed by atoms with E-state index < -0.39 is 41.2 Å². The van der Waals surface area contributed by atoms with Gasteiger partial charge in [-0.15, -0.1) is 0 Å². The molecule has 0 saturated heterocycles. The molecule has 14 nitrogen and oxygen atoms in total. The summed E-state index contributed by atoms with van der Waals surface area (Å²) in [5.74, 6) is -0.453. The van der Waals surface area contributed by atoms with Crippen molar-refractivity contribution in [3.8, 4) is 17.2 Å². The van der Waals surface area contributed by atoms with Crippen LogP contribution in [0.1, 0.15) is 118 Å². The molecule has 0 heterocycles. The first-order chi connectivity index (χ1) is 29.5. The van der Waals surface area contributed by atoms with Gasteiger partial charge in [-0.2, -0.15) is 0 Å². The Balaban J connectivity index is 0.000000597. The number of benzene rings is 3. The molecule has 0 atom stereocenters. The average molecular weight is 872 g/mol. The molecule has 0 aliphatic rings. The first-order valence-electron chi connectivity index (χ1n) is 20.6. The molecule has 3 rings (SSSR count). The van der Waals surface area contributed by atoms with Gasteiger partial charge in [-0.3, -0.25) is 9.59 Å². The number of unbranched alkanes of at least 4 members (excludes halogenated alkanes) is 4. The standard InChI is InChI=1S/C35H45NO8.C14H16O5/c1-34(2,3)43-32(39)41-29-19-13-11-16-26(29)21-23-28(37)18-10-8-7-9-15-25-36-31(38)24-22-27-17-12-14-20-30(27)42-33(40)44-35(4,5)6;1-14(2,3)19-13(17)18-11-7-5-4-6-10(11)8-9-12(15)16/h11-14,16-17,19-24H,7-10,15,18,25H2,1-6H3,(H,36,38);4-9H,1-3H3,(H,15,16)/b23-21+,24-22+;9-8+. The number of carbonyl (C=O) groups excluding carboxylic acids is 5. The second-order valence-electron chi connectivity index (χ2n) is 16.9. The highest BCUT2D eigenvalue weighted by Crippen LogP contribution is 2.24. The normalized spacial score (nSPS) is 11.6. The monoisotopic (exact) mass is 871 g/mol. The van der Waals surface area contributed by atoms with Gasteiger partial charge in [0.25, 0.3) is 0 Å². The van der Waals surface area contributed by atoms with Crippen LogP contribution in [0.4, 0.5) is 14.4 Å². The number of carbonyl (C=O) groups is 6. The van der Waals surface area contributed by atoms with Crippen LogP contribution < -0.4 is 19.5 Å². The van der Waals surface area contributed by atoms with Crippen LogP contribution in [-0.4, -0.2) is 64.6 Å². The van der Waals surface area contributed by atoms with Crippen LogP contribution >= 0.6 is 0 Å². The molecule has 0 unspecified atom stereocenters. The Morgan fingerprint density at radius 1 is 0.492 bits per heavy atom. The second-order valence-corrected chi connectivity index (χ2v) is 16.9. The molecule has 63 heavy (non-hydrogen) atoms. The minimum absolute atomic E-state index is 0.00538. The Hall–Kier alpha value is -6.70. The van der Waals surface area contributed by atoms with E-state index in [1.807, 2.05) is 0 Å². The molecule has 14 heteroatoms. The quantitative estimate of drug-likeness (QED) is 0.0429. The van der Waals surface area contributed by atoms with Gasteiger partial charge in [0, 0.05) is 41.8 Å². The summed E-state index contributed by atoms with van der Waals surface area (Å²) >= 11 is 0. The van der Waals surface area contributed by atoms with Gasteiger partial charge < -0.3 is 38.8 Å². The Morgan fingerprint density at radius 2 is 0.841 bits per heavy atom. The SMILES string of the molecule is CC(C)(C)OC(=O)Oc1ccccc1/C=C/C(=O)CCCCCCCNC(=O)/C=C/c1ccccc1OC(=O)OC(C)(C)C.CC(C)(C)OC(=O)Oc1ccccc1/C=C/C(=O)O. The van der Waals surface area contributed by atoms with Gasteiger partial charge in [0.1, 0.15) is 34.1 Å². The molecule has 0 aromatic heterocycles. The number of para-hydroxylation sites is 3. The van der Waals surface area contributed by atoms with Gasteiger partial charge >= 0.3 is 24.4 Å². The Bertz CT molecular complexity index is 1980. The number of ketones is 1. The molecule has 0 fully saturated rings. The number of aliphatic carboxylic acids is 1. The minimum Gasteiger partial charge on any atom is -0.478 e. The van der Waals surface area contributed by atoms with Crippen LogP contribution in [0.5, 0.6) is 17.2 Å². The van der Waals surface area contributed by atoms with Gasteiger partial charge in [0.15, 0.2) is 5.78 Å². The van der Waals surface area contributed by atoms with Gasteiger partial charge in [0.2, 0.25) is 5.91 Å². The number of hydrogen-bond donors (Lipinski definition) is 2. The molecule has 340 valence electrons. The first-order valence-corrected chi connectivity index (χ1v) is 20.6. The highest BCUT2D eigenvalue weighted by molar-refractivity contribution is 5.94. The number of allylic oxidation sites excluding steroid dienone is 1. The first kappa shape index (κ1) is 52.4. The van der Waals surface area contributed by atoms with Crippen LogP contribution in [0.2, 0.25) is 0 Å². The number of carboxylic acid groups (broad SMARTS) is 1. The summed E-state index contributed by atoms with van der Waals surface area (Å²) in [5.41, 5.74) is -0.316. The predicted octanol–water partition coefficient (Wildman–Crippen LogP) is 11.2. The lowest BCUT2D eigenvalue weighted by Gasteiger charge is -2.19. The lowest BCUT2D eigenvalue weighted by Crippen LogP contribution is -2.26. The van der Waals surface area contributed by atoms with E-state index >= 15 is 0 Å². The third-order valence-corrected chi connectivity index (χ3v) is 7.67. The molecule has 3 aromatic carbocycles. The second kappa shape index (κ2) is 25.9. The van der Waals surface area contributed by atoms with Crippen molar-refractivity contribution >= 4 is 54.4 Å². The van der Waals surface area contributed by atoms with Gasteiger partial charge in [0.05, 0.1) is 0 Å². The maximum atomic E-state index is 12.3. The molecule has 3 aromatic rings. The summed E-state index contributed by atoms with van der Waals surface area (Å²) in [4.78, 5) is 70.6. The number of carboxylic acids is 1. The summed E-state index contributed by atoms with van der Waals surface area (Å²) in [6, 6.07) is 20.4. The fraction of sp³-hybridized carbons (Fsp3) is 0.388. The fourth-order valence-corrected chi connectivity index (χ4v) is 5.03. The van der Waals surface area contributed by atoms with Crippen LogP contribution in [-0.2, 0) is 28.6 Å². The van der Waals surface area contributed by atoms with E-state index in [2.05, 4.69) is 5.32 Å². The van der Waals surface area contributed by atoms with Gasteiger partial charge in [-0.25, -0.2) is 19.2 Å². The summed E-state index contributed by atoms with van der Waals surface area (Å²) in [5, 5.41) is 11.4. The van der Waals surface area contributed by atoms with E-state index in [1.54, 1.807) is 147 Å². The van der Waals surface area contributed by atoms with E-state index in [-0.39, 0.29) is 17.4 Å². The number of hydrogen-bond acceptors (Lipinski definition) is 12. The lowest BCUT2D eigenvalue weighted by atomic mass is 10.1. The van der Waals surface area contributed by atoms with Crippen molar-refractivity contribution in [3.63, 3.8) is 0 Å². The van der Waals surface area contributed by atoms with Crippen molar-refractivity contribution in [2.45, 2.75) is 118 Å². The molecular formula is C49H61NO13. The third kappa shape index (κ3) is 25.0. The highest BCUT2D eigenvalue weighted by atomic mass is 16.7. The lowest BCUT2D eigenvalue weighted by molar-refractivity contribution is -0.131. The molecule has 0 saturated carbocycles. The highest BCUT2D eigenvalue weighted by Gasteiger charge is 2.21. The van der Waals surface area contributed by atoms with Crippen molar-refractivity contribution in [1.29, 1.82) is 0 Å². The Kier molecular flexibility index (Phi) is 21.6. The van der Waals surface area contributed by atoms with E-state index in [9.17, 15) is 28.8 Å². The van der Waals surface area contributed by atoms with E-state index in [0.29, 0.717) is 41.2 Å². The Morgan fingerprint density at radius 3 is 1.24 bits per heavy atom. The zero-order valence-electron chi connectivity index (χ0n) is 37.7. The molecule has 0 radical (unpaired) electrons. The van der Waals surface area contributed by atoms with Crippen LogP contribution in [0, 0.1) is 0 Å². The summed E-state index contributed by atoms with van der Waals surface area (Å²) in [6.45, 7) is 16.2. The van der Waals surface area contributed by atoms with Gasteiger partial charge in [-0.1, -0.05) is 73.9 Å². The van der Waals surface area contributed by atoms with Crippen LogP contribution in [0.25, 0.3) is 18.2 Å². The summed E-state index contributed by atoms with van der Waals surface area (Å²) in [6.07, 6.45) is 10.8. The zero-order chi connectivity index (χ0) is 47.1. The molecule has 2 N–H and O–H groups in total. The number of amides is 1. The fourth-order valence-electron chi connectivity index (χ4n) is 5.03. The zero-order valence-corrected chi connectivity index (χ0v) is 37.7. The van der Waals surface area contributed by atoms with Crippen LogP contribution in [0.3, 0.4) is 0 Å². The van der Waals surface area contributed by atoms with E-state index in [0.717, 1.165) is 38.2 Å². The molecule has 0 aliphatic heterocycles. The van der Waals surface area contributed by atoms with Crippen molar-refractivity contribution in [2.24, 2.45) is 0 Å². The minimum atomic E-state index is -1.08. The maximum absolute atomic E-state index is 12.3. The molecular weight excluding hydrogens is 811 g/mol. The number of nitrogens with one attached hydrogen (secondary N) is 1. The maximum Gasteiger partial charge on any atom is 0.514 e. The molecule has 0 spiro atoms. The topological polar surface area (TPSA) is 190 Å². The van der Waals surface area contributed by atoms with E-state index in [4.69, 9.17) is 33.5 Å². The van der Waals surface area contributed by atoms with Gasteiger partial charge in [-0.05, 0) is 118 Å². The van der Waals surface area contributed by atoms with Crippen molar-refractivity contribution in [2.75, 3.05) is 6.54 Å². The van der Waals surface area contributed by atoms with Crippen molar-refractivity contribution in [1.82, 2.24) is 5.32 Å². The Labute approximate surface area is 370 Å². The smallest absolute Gasteiger partial charge is 0.478 e. The largest absolute Gasteiger partial charge is 0.514 e. The van der Waals surface area contributed by atoms with E-state index in [1.165, 1.54) is 18.2 Å². The third-order valence-electron chi connectivity index (χ3n) is 7.67. The van der Waals surface area contributed by atoms with Crippen molar-refractivity contribution in [3.05, 3.63) is 108 Å². The number of rotatable bonds is 17. The predicted molar refractivity (Wildman–Crippen MR) is 240 cm³/mol. The number of ether oxygens (including phenoxy) is 6. The average Bonchev–Trinajstić information content (AvgIpc) is 3.16. The van der Waals surface area contributed by atoms with Crippen molar-refractivity contribution < 1.29 is 62.3 Å². The molecule has 0 aliphatic carbocycles.